The summed E-state index contributed by atoms with van der Waals surface area (Å²) in [6.45, 7) is 2.73. The monoisotopic (exact) mass is 272 g/mol. The highest BCUT2D eigenvalue weighted by molar-refractivity contribution is 7.98. The lowest BCUT2D eigenvalue weighted by atomic mass is 10.1. The molecule has 0 heterocycles. The molecule has 0 aliphatic rings. The molecule has 0 aliphatic heterocycles. The van der Waals surface area contributed by atoms with Crippen LogP contribution in [0.2, 0.25) is 0 Å². The number of carboxylic acid groups (broad SMARTS) is 1. The third kappa shape index (κ3) is 3.80. The molecule has 4 nitrogen and oxygen atoms in total. The predicted molar refractivity (Wildman–Crippen MR) is 73.8 cm³/mol. The number of carbonyl (C=O) groups is 1. The van der Waals surface area contributed by atoms with Crippen LogP contribution in [0.3, 0.4) is 0 Å². The molecule has 0 spiro atoms. The molecule has 0 saturated heterocycles. The average Bonchev–Trinajstić information content (AvgIpc) is 2.29. The number of nitrogens with one attached hydrogen (secondary N) is 1. The Balaban J connectivity index is 2.79. The first-order chi connectivity index (χ1) is 8.45. The molecule has 0 aliphatic carbocycles. The average molecular weight is 272 g/mol. The topological polar surface area (TPSA) is 75.3 Å². The van der Waals surface area contributed by atoms with Crippen LogP contribution in [0.4, 0.5) is 15.8 Å². The summed E-state index contributed by atoms with van der Waals surface area (Å²) in [5, 5.41) is 11.8. The molecule has 1 aromatic carbocycles. The van der Waals surface area contributed by atoms with E-state index in [-0.39, 0.29) is 5.69 Å². The number of benzene rings is 1. The highest BCUT2D eigenvalue weighted by Gasteiger charge is 2.13. The molecule has 1 aromatic rings. The van der Waals surface area contributed by atoms with Crippen LogP contribution in [0.15, 0.2) is 12.1 Å². The molecule has 4 N–H and O–H groups in total. The van der Waals surface area contributed by atoms with Crippen molar-refractivity contribution in [2.45, 2.75) is 6.92 Å². The molecule has 1 rings (SSSR count). The van der Waals surface area contributed by atoms with Gasteiger partial charge in [-0.25, -0.2) is 9.18 Å². The van der Waals surface area contributed by atoms with Crippen molar-refractivity contribution in [1.82, 2.24) is 0 Å². The van der Waals surface area contributed by atoms with Crippen molar-refractivity contribution in [2.24, 2.45) is 5.92 Å². The van der Waals surface area contributed by atoms with Crippen LogP contribution in [0.5, 0.6) is 0 Å². The van der Waals surface area contributed by atoms with Gasteiger partial charge in [-0.15, -0.1) is 0 Å². The van der Waals surface area contributed by atoms with E-state index in [1.165, 1.54) is 0 Å². The maximum atomic E-state index is 13.5. The number of aromatic carboxylic acids is 1. The van der Waals surface area contributed by atoms with E-state index in [1.54, 1.807) is 11.8 Å². The lowest BCUT2D eigenvalue weighted by molar-refractivity contribution is 0.0692. The number of thioether (sulfide) groups is 1. The molecule has 0 saturated carbocycles. The minimum atomic E-state index is -1.32. The summed E-state index contributed by atoms with van der Waals surface area (Å²) in [4.78, 5) is 10.7. The molecule has 6 heteroatoms. The Labute approximate surface area is 110 Å². The Morgan fingerprint density at radius 1 is 1.61 bits per heavy atom. The second-order valence-electron chi connectivity index (χ2n) is 4.17. The Hall–Kier alpha value is -1.43. The standard InChI is InChI=1S/C12H17FN2O2S/c1-7(6-18-2)5-15-11-4-9(13)8(12(16)17)3-10(11)14/h3-4,7,15H,5-6,14H2,1-2H3,(H,16,17). The van der Waals surface area contributed by atoms with Crippen LogP contribution in [0.25, 0.3) is 0 Å². The molecule has 0 amide bonds. The maximum Gasteiger partial charge on any atom is 0.338 e. The number of nitrogen functional groups attached to an aromatic ring is 1. The Bertz CT molecular complexity index is 440. The molecule has 100 valence electrons. The van der Waals surface area contributed by atoms with Gasteiger partial charge in [0.2, 0.25) is 0 Å². The highest BCUT2D eigenvalue weighted by Crippen LogP contribution is 2.23. The number of rotatable bonds is 6. The van der Waals surface area contributed by atoms with E-state index in [0.29, 0.717) is 18.2 Å². The first kappa shape index (κ1) is 14.6. The first-order valence-electron chi connectivity index (χ1n) is 5.50. The van der Waals surface area contributed by atoms with Gasteiger partial charge in [-0.3, -0.25) is 0 Å². The quantitative estimate of drug-likeness (QED) is 0.694. The third-order valence-electron chi connectivity index (χ3n) is 2.46. The van der Waals surface area contributed by atoms with Gasteiger partial charge in [-0.2, -0.15) is 11.8 Å². The number of anilines is 2. The summed E-state index contributed by atoms with van der Waals surface area (Å²) in [5.74, 6) is -0.692. The summed E-state index contributed by atoms with van der Waals surface area (Å²) in [6, 6.07) is 2.27. The lowest BCUT2D eigenvalue weighted by Crippen LogP contribution is -2.15. The first-order valence-corrected chi connectivity index (χ1v) is 6.90. The molecule has 0 radical (unpaired) electrons. The van der Waals surface area contributed by atoms with Crippen molar-refractivity contribution < 1.29 is 14.3 Å². The van der Waals surface area contributed by atoms with Crippen molar-refractivity contribution in [1.29, 1.82) is 0 Å². The number of nitrogens with two attached hydrogens (primary N) is 1. The molecular formula is C12H17FN2O2S. The maximum absolute atomic E-state index is 13.5. The zero-order valence-electron chi connectivity index (χ0n) is 10.4. The third-order valence-corrected chi connectivity index (χ3v) is 3.36. The fourth-order valence-corrected chi connectivity index (χ4v) is 2.22. The second kappa shape index (κ2) is 6.49. The van der Waals surface area contributed by atoms with E-state index < -0.39 is 17.3 Å². The Kier molecular flexibility index (Phi) is 5.27. The van der Waals surface area contributed by atoms with E-state index in [0.717, 1.165) is 17.9 Å². The van der Waals surface area contributed by atoms with Gasteiger partial charge in [0.05, 0.1) is 16.9 Å². The van der Waals surface area contributed by atoms with Gasteiger partial charge >= 0.3 is 5.97 Å². The zero-order chi connectivity index (χ0) is 13.7. The van der Waals surface area contributed by atoms with Crippen LogP contribution in [-0.2, 0) is 0 Å². The van der Waals surface area contributed by atoms with Crippen molar-refractivity contribution in [3.63, 3.8) is 0 Å². The molecule has 1 unspecified atom stereocenters. The fourth-order valence-electron chi connectivity index (χ4n) is 1.53. The van der Waals surface area contributed by atoms with Gasteiger partial charge in [0, 0.05) is 6.54 Å². The van der Waals surface area contributed by atoms with E-state index in [4.69, 9.17) is 10.8 Å². The SMILES string of the molecule is CSCC(C)CNc1cc(F)c(C(=O)O)cc1N. The summed E-state index contributed by atoms with van der Waals surface area (Å²) < 4.78 is 13.5. The highest BCUT2D eigenvalue weighted by atomic mass is 32.2. The molecule has 0 fully saturated rings. The second-order valence-corrected chi connectivity index (χ2v) is 5.08. The Morgan fingerprint density at radius 3 is 2.83 bits per heavy atom. The van der Waals surface area contributed by atoms with E-state index in [2.05, 4.69) is 12.2 Å². The van der Waals surface area contributed by atoms with Crippen LogP contribution in [0.1, 0.15) is 17.3 Å². The molecular weight excluding hydrogens is 255 g/mol. The van der Waals surface area contributed by atoms with Crippen LogP contribution in [-0.4, -0.2) is 29.6 Å². The van der Waals surface area contributed by atoms with Gasteiger partial charge in [-0.1, -0.05) is 6.92 Å². The van der Waals surface area contributed by atoms with Crippen molar-refractivity contribution in [3.05, 3.63) is 23.5 Å². The zero-order valence-corrected chi connectivity index (χ0v) is 11.2. The minimum Gasteiger partial charge on any atom is -0.478 e. The number of hydrogen-bond acceptors (Lipinski definition) is 4. The van der Waals surface area contributed by atoms with E-state index in [1.807, 2.05) is 6.26 Å². The number of carboxylic acids is 1. The Morgan fingerprint density at radius 2 is 2.28 bits per heavy atom. The van der Waals surface area contributed by atoms with Gasteiger partial charge < -0.3 is 16.2 Å². The van der Waals surface area contributed by atoms with Crippen LogP contribution >= 0.6 is 11.8 Å². The van der Waals surface area contributed by atoms with Crippen molar-refractivity contribution in [2.75, 3.05) is 29.6 Å². The molecule has 1 atom stereocenters. The van der Waals surface area contributed by atoms with Gasteiger partial charge in [0.25, 0.3) is 0 Å². The summed E-state index contributed by atoms with van der Waals surface area (Å²) in [6.07, 6.45) is 2.02. The summed E-state index contributed by atoms with van der Waals surface area (Å²) in [7, 11) is 0. The molecule has 0 bridgehead atoms. The lowest BCUT2D eigenvalue weighted by Gasteiger charge is -2.14. The normalized spacial score (nSPS) is 12.2. The van der Waals surface area contributed by atoms with Gasteiger partial charge in [0.1, 0.15) is 5.82 Å². The predicted octanol–water partition coefficient (Wildman–Crippen LogP) is 2.52. The van der Waals surface area contributed by atoms with Gasteiger partial charge in [-0.05, 0) is 30.1 Å². The van der Waals surface area contributed by atoms with Crippen LogP contribution in [0, 0.1) is 11.7 Å². The number of hydrogen-bond donors (Lipinski definition) is 3. The van der Waals surface area contributed by atoms with Crippen molar-refractivity contribution in [3.8, 4) is 0 Å². The molecule has 0 aromatic heterocycles. The minimum absolute atomic E-state index is 0.241. The summed E-state index contributed by atoms with van der Waals surface area (Å²) >= 11 is 1.74. The van der Waals surface area contributed by atoms with Crippen molar-refractivity contribution >= 4 is 29.1 Å². The molecule has 18 heavy (non-hydrogen) atoms. The fraction of sp³-hybridized carbons (Fsp3) is 0.417. The number of halogens is 1. The van der Waals surface area contributed by atoms with E-state index >= 15 is 0 Å². The van der Waals surface area contributed by atoms with E-state index in [9.17, 15) is 9.18 Å². The van der Waals surface area contributed by atoms with Gasteiger partial charge in [0.15, 0.2) is 0 Å². The smallest absolute Gasteiger partial charge is 0.338 e. The summed E-state index contributed by atoms with van der Waals surface area (Å²) in [5.41, 5.74) is 5.96. The van der Waals surface area contributed by atoms with Crippen LogP contribution < -0.4 is 11.1 Å². The largest absolute Gasteiger partial charge is 0.478 e.